The normalized spacial score (nSPS) is 21.8. The smallest absolute Gasteiger partial charge is 0.138 e. The number of Topliss-reactive ketones (excluding diaryl/α,β-unsaturated/α-hetero) is 1. The molecule has 2 rings (SSSR count). The summed E-state index contributed by atoms with van der Waals surface area (Å²) >= 11 is 7.38. The van der Waals surface area contributed by atoms with Crippen LogP contribution in [0, 0.1) is 11.8 Å². The molecule has 1 aromatic rings. The van der Waals surface area contributed by atoms with Gasteiger partial charge < -0.3 is 5.32 Å². The lowest BCUT2D eigenvalue weighted by Gasteiger charge is -2.27. The third-order valence-electron chi connectivity index (χ3n) is 3.69. The van der Waals surface area contributed by atoms with Crippen molar-refractivity contribution in [2.45, 2.75) is 32.6 Å². The predicted molar refractivity (Wildman–Crippen MR) is 77.4 cm³/mol. The second-order valence-electron chi connectivity index (χ2n) is 5.21. The van der Waals surface area contributed by atoms with Crippen LogP contribution in [0.5, 0.6) is 0 Å². The Balaban J connectivity index is 1.79. The molecule has 2 atom stereocenters. The molecule has 1 aliphatic heterocycles. The minimum Gasteiger partial charge on any atom is -0.316 e. The molecule has 18 heavy (non-hydrogen) atoms. The van der Waals surface area contributed by atoms with Gasteiger partial charge in [0.2, 0.25) is 0 Å². The van der Waals surface area contributed by atoms with E-state index in [0.29, 0.717) is 30.5 Å². The summed E-state index contributed by atoms with van der Waals surface area (Å²) in [4.78, 5) is 13.1. The summed E-state index contributed by atoms with van der Waals surface area (Å²) in [7, 11) is 0. The predicted octanol–water partition coefficient (Wildman–Crippen LogP) is 3.54. The second kappa shape index (κ2) is 6.69. The number of hydrogen-bond donors (Lipinski definition) is 1. The van der Waals surface area contributed by atoms with Gasteiger partial charge in [0, 0.05) is 17.7 Å². The lowest BCUT2D eigenvalue weighted by atomic mass is 9.84. The van der Waals surface area contributed by atoms with Crippen LogP contribution in [0.3, 0.4) is 0 Å². The van der Waals surface area contributed by atoms with Crippen molar-refractivity contribution in [3.05, 3.63) is 21.3 Å². The van der Waals surface area contributed by atoms with Gasteiger partial charge in [-0.25, -0.2) is 0 Å². The molecule has 1 N–H and O–H groups in total. The van der Waals surface area contributed by atoms with Gasteiger partial charge in [-0.1, -0.05) is 18.5 Å². The SMILES string of the molecule is CC(CC(=O)Cc1ccc(Cl)s1)C1CCCNC1. The van der Waals surface area contributed by atoms with Crippen LogP contribution in [-0.2, 0) is 11.2 Å². The van der Waals surface area contributed by atoms with E-state index in [2.05, 4.69) is 12.2 Å². The van der Waals surface area contributed by atoms with Crippen molar-refractivity contribution in [3.63, 3.8) is 0 Å². The Kier molecular flexibility index (Phi) is 5.22. The molecule has 1 aliphatic rings. The number of hydrogen-bond acceptors (Lipinski definition) is 3. The van der Waals surface area contributed by atoms with Crippen LogP contribution >= 0.6 is 22.9 Å². The summed E-state index contributed by atoms with van der Waals surface area (Å²) in [5, 5.41) is 3.42. The number of ketones is 1. The third kappa shape index (κ3) is 4.08. The summed E-state index contributed by atoms with van der Waals surface area (Å²) in [6, 6.07) is 3.82. The van der Waals surface area contributed by atoms with Crippen molar-refractivity contribution in [3.8, 4) is 0 Å². The zero-order chi connectivity index (χ0) is 13.0. The van der Waals surface area contributed by atoms with Crippen LogP contribution in [-0.4, -0.2) is 18.9 Å². The topological polar surface area (TPSA) is 29.1 Å². The first-order valence-corrected chi connectivity index (χ1v) is 7.81. The molecule has 0 spiro atoms. The molecule has 0 aromatic carbocycles. The Hall–Kier alpha value is -0.380. The zero-order valence-electron chi connectivity index (χ0n) is 10.7. The molecule has 0 amide bonds. The number of piperidine rings is 1. The molecular formula is C14H20ClNOS. The number of thiophene rings is 1. The maximum Gasteiger partial charge on any atom is 0.138 e. The fourth-order valence-electron chi connectivity index (χ4n) is 2.60. The van der Waals surface area contributed by atoms with Crippen molar-refractivity contribution in [1.82, 2.24) is 5.32 Å². The highest BCUT2D eigenvalue weighted by Gasteiger charge is 2.22. The second-order valence-corrected chi connectivity index (χ2v) is 7.01. The molecule has 0 aliphatic carbocycles. The molecule has 2 unspecified atom stereocenters. The Bertz CT molecular complexity index is 398. The first kappa shape index (κ1) is 14.0. The molecule has 2 nitrogen and oxygen atoms in total. The lowest BCUT2D eigenvalue weighted by molar-refractivity contribution is -0.119. The van der Waals surface area contributed by atoms with Crippen LogP contribution in [0.15, 0.2) is 12.1 Å². The summed E-state index contributed by atoms with van der Waals surface area (Å²) < 4.78 is 0.766. The molecule has 100 valence electrons. The van der Waals surface area contributed by atoms with Gasteiger partial charge in [-0.2, -0.15) is 0 Å². The number of halogens is 1. The Morgan fingerprint density at radius 2 is 2.44 bits per heavy atom. The van der Waals surface area contributed by atoms with Crippen LogP contribution in [0.25, 0.3) is 0 Å². The maximum atomic E-state index is 12.0. The molecule has 1 aromatic heterocycles. The van der Waals surface area contributed by atoms with Gasteiger partial charge in [0.1, 0.15) is 5.78 Å². The van der Waals surface area contributed by atoms with Gasteiger partial charge in [-0.15, -0.1) is 11.3 Å². The van der Waals surface area contributed by atoms with Crippen LogP contribution in [0.4, 0.5) is 0 Å². The summed E-state index contributed by atoms with van der Waals surface area (Å²) in [5.41, 5.74) is 0. The van der Waals surface area contributed by atoms with E-state index in [4.69, 9.17) is 11.6 Å². The monoisotopic (exact) mass is 285 g/mol. The van der Waals surface area contributed by atoms with E-state index >= 15 is 0 Å². The van der Waals surface area contributed by atoms with Crippen molar-refractivity contribution in [2.24, 2.45) is 11.8 Å². The zero-order valence-corrected chi connectivity index (χ0v) is 12.3. The standard InChI is InChI=1S/C14H20ClNOS/c1-10(11-3-2-6-16-9-11)7-12(17)8-13-4-5-14(15)18-13/h4-5,10-11,16H,2-3,6-9H2,1H3. The minimum absolute atomic E-state index is 0.339. The molecule has 1 fully saturated rings. The highest BCUT2D eigenvalue weighted by Crippen LogP contribution is 2.25. The van der Waals surface area contributed by atoms with Crippen LogP contribution < -0.4 is 5.32 Å². The molecule has 0 saturated carbocycles. The largest absolute Gasteiger partial charge is 0.316 e. The van der Waals surface area contributed by atoms with Crippen molar-refractivity contribution < 1.29 is 4.79 Å². The molecule has 1 saturated heterocycles. The fraction of sp³-hybridized carbons (Fsp3) is 0.643. The summed E-state index contributed by atoms with van der Waals surface area (Å²) in [6.07, 6.45) is 3.74. The van der Waals surface area contributed by atoms with E-state index in [9.17, 15) is 4.79 Å². The Labute approximate surface area is 118 Å². The average Bonchev–Trinajstić information content (AvgIpc) is 2.75. The van der Waals surface area contributed by atoms with Crippen LogP contribution in [0.2, 0.25) is 4.34 Å². The highest BCUT2D eigenvalue weighted by molar-refractivity contribution is 7.16. The van der Waals surface area contributed by atoms with Gasteiger partial charge in [0.25, 0.3) is 0 Å². The minimum atomic E-state index is 0.339. The quantitative estimate of drug-likeness (QED) is 0.896. The Morgan fingerprint density at radius 1 is 1.61 bits per heavy atom. The molecule has 0 radical (unpaired) electrons. The summed E-state index contributed by atoms with van der Waals surface area (Å²) in [6.45, 7) is 4.40. The number of rotatable bonds is 5. The van der Waals surface area contributed by atoms with Crippen molar-refractivity contribution >= 4 is 28.7 Å². The van der Waals surface area contributed by atoms with Gasteiger partial charge in [0.05, 0.1) is 4.34 Å². The highest BCUT2D eigenvalue weighted by atomic mass is 35.5. The van der Waals surface area contributed by atoms with Gasteiger partial charge in [0.15, 0.2) is 0 Å². The first-order chi connectivity index (χ1) is 8.65. The molecule has 2 heterocycles. The van der Waals surface area contributed by atoms with Crippen molar-refractivity contribution in [1.29, 1.82) is 0 Å². The summed E-state index contributed by atoms with van der Waals surface area (Å²) in [5.74, 6) is 1.49. The van der Waals surface area contributed by atoms with Gasteiger partial charge in [-0.05, 0) is 49.9 Å². The van der Waals surface area contributed by atoms with E-state index in [1.807, 2.05) is 12.1 Å². The molecule has 0 bridgehead atoms. The van der Waals surface area contributed by atoms with Gasteiger partial charge >= 0.3 is 0 Å². The van der Waals surface area contributed by atoms with E-state index in [1.165, 1.54) is 24.2 Å². The van der Waals surface area contributed by atoms with Gasteiger partial charge in [-0.3, -0.25) is 4.79 Å². The van der Waals surface area contributed by atoms with E-state index in [1.54, 1.807) is 0 Å². The average molecular weight is 286 g/mol. The maximum absolute atomic E-state index is 12.0. The molecular weight excluding hydrogens is 266 g/mol. The van der Waals surface area contributed by atoms with Crippen LogP contribution in [0.1, 0.15) is 31.1 Å². The van der Waals surface area contributed by atoms with Crippen molar-refractivity contribution in [2.75, 3.05) is 13.1 Å². The lowest BCUT2D eigenvalue weighted by Crippen LogP contribution is -2.34. The van der Waals surface area contributed by atoms with E-state index in [-0.39, 0.29) is 0 Å². The number of carbonyl (C=O) groups excluding carboxylic acids is 1. The number of nitrogens with one attached hydrogen (secondary N) is 1. The fourth-order valence-corrected chi connectivity index (χ4v) is 3.72. The van der Waals surface area contributed by atoms with E-state index < -0.39 is 0 Å². The van der Waals surface area contributed by atoms with E-state index in [0.717, 1.165) is 22.3 Å². The first-order valence-electron chi connectivity index (χ1n) is 6.62. The molecule has 4 heteroatoms. The Morgan fingerprint density at radius 3 is 3.06 bits per heavy atom. The number of carbonyl (C=O) groups is 1. The third-order valence-corrected chi connectivity index (χ3v) is 4.92.